The number of esters is 2. The molecule has 0 aliphatic carbocycles. The average Bonchev–Trinajstić information content (AvgIpc) is 3.10. The first-order valence-electron chi connectivity index (χ1n) is 7.31. The lowest BCUT2D eigenvalue weighted by molar-refractivity contribution is -0.165. The van der Waals surface area contributed by atoms with E-state index in [1.54, 1.807) is 0 Å². The Kier molecular flexibility index (Phi) is 4.82. The molecule has 0 radical (unpaired) electrons. The van der Waals surface area contributed by atoms with Crippen LogP contribution in [0.2, 0.25) is 5.15 Å². The molecular formula is C14H14ClFN4O5. The minimum atomic E-state index is -1.11. The van der Waals surface area contributed by atoms with Crippen LogP contribution in [0, 0.1) is 0 Å². The number of rotatable bonds is 4. The molecule has 9 nitrogen and oxygen atoms in total. The van der Waals surface area contributed by atoms with Gasteiger partial charge in [0.05, 0.1) is 6.33 Å². The SMILES string of the molecule is CC(=O)OC1C(CF)OC(n2cnc3c(Cl)ncnc32)C1OC(C)=O. The predicted octanol–water partition coefficient (Wildman–Crippen LogP) is 1.21. The van der Waals surface area contributed by atoms with Crippen molar-refractivity contribution in [1.82, 2.24) is 19.5 Å². The van der Waals surface area contributed by atoms with Crippen LogP contribution in [-0.4, -0.2) is 56.4 Å². The zero-order valence-corrected chi connectivity index (χ0v) is 14.0. The second-order valence-electron chi connectivity index (χ2n) is 5.36. The first-order chi connectivity index (χ1) is 11.9. The summed E-state index contributed by atoms with van der Waals surface area (Å²) in [4.78, 5) is 34.8. The van der Waals surface area contributed by atoms with Gasteiger partial charge in [0, 0.05) is 13.8 Å². The van der Waals surface area contributed by atoms with Crippen LogP contribution < -0.4 is 0 Å². The Balaban J connectivity index is 2.04. The average molecular weight is 373 g/mol. The van der Waals surface area contributed by atoms with Crippen LogP contribution in [0.3, 0.4) is 0 Å². The number of carbonyl (C=O) groups is 2. The van der Waals surface area contributed by atoms with E-state index >= 15 is 0 Å². The van der Waals surface area contributed by atoms with Gasteiger partial charge in [0.1, 0.15) is 24.6 Å². The van der Waals surface area contributed by atoms with Crippen LogP contribution in [0.25, 0.3) is 11.2 Å². The van der Waals surface area contributed by atoms with Crippen molar-refractivity contribution in [2.75, 3.05) is 6.67 Å². The van der Waals surface area contributed by atoms with Gasteiger partial charge in [-0.25, -0.2) is 19.3 Å². The fraction of sp³-hybridized carbons (Fsp3) is 0.500. The fourth-order valence-electron chi connectivity index (χ4n) is 2.72. The van der Waals surface area contributed by atoms with Crippen LogP contribution in [0.5, 0.6) is 0 Å². The highest BCUT2D eigenvalue weighted by molar-refractivity contribution is 6.33. The maximum atomic E-state index is 13.4. The van der Waals surface area contributed by atoms with Crippen LogP contribution in [0.1, 0.15) is 20.1 Å². The number of hydrogen-bond acceptors (Lipinski definition) is 8. The van der Waals surface area contributed by atoms with E-state index in [1.165, 1.54) is 31.1 Å². The number of carbonyl (C=O) groups excluding carboxylic acids is 2. The monoisotopic (exact) mass is 372 g/mol. The molecule has 25 heavy (non-hydrogen) atoms. The van der Waals surface area contributed by atoms with Gasteiger partial charge in [0.2, 0.25) is 0 Å². The summed E-state index contributed by atoms with van der Waals surface area (Å²) in [5.74, 6) is -1.28. The molecule has 0 spiro atoms. The highest BCUT2D eigenvalue weighted by Gasteiger charge is 2.50. The van der Waals surface area contributed by atoms with Crippen molar-refractivity contribution in [3.8, 4) is 0 Å². The van der Waals surface area contributed by atoms with Crippen molar-refractivity contribution < 1.29 is 28.2 Å². The molecule has 1 aliphatic heterocycles. The summed E-state index contributed by atoms with van der Waals surface area (Å²) >= 11 is 5.97. The molecule has 4 atom stereocenters. The maximum absolute atomic E-state index is 13.4. The molecule has 3 heterocycles. The number of aromatic nitrogens is 4. The van der Waals surface area contributed by atoms with E-state index in [-0.39, 0.29) is 5.15 Å². The van der Waals surface area contributed by atoms with Gasteiger partial charge >= 0.3 is 11.9 Å². The summed E-state index contributed by atoms with van der Waals surface area (Å²) in [5.41, 5.74) is 0.616. The first kappa shape index (κ1) is 17.5. The number of imidazole rings is 1. The number of ether oxygens (including phenoxy) is 3. The summed E-state index contributed by atoms with van der Waals surface area (Å²) in [7, 11) is 0. The third-order valence-electron chi connectivity index (χ3n) is 3.63. The van der Waals surface area contributed by atoms with Gasteiger partial charge in [-0.2, -0.15) is 0 Å². The Bertz CT molecular complexity index is 816. The van der Waals surface area contributed by atoms with E-state index in [1.807, 2.05) is 0 Å². The minimum Gasteiger partial charge on any atom is -0.455 e. The lowest BCUT2D eigenvalue weighted by Crippen LogP contribution is -2.39. The molecule has 0 saturated carbocycles. The topological polar surface area (TPSA) is 105 Å². The fourth-order valence-corrected chi connectivity index (χ4v) is 2.89. The lowest BCUT2D eigenvalue weighted by atomic mass is 10.1. The number of alkyl halides is 1. The molecule has 2 aromatic rings. The lowest BCUT2D eigenvalue weighted by Gasteiger charge is -2.23. The van der Waals surface area contributed by atoms with Gasteiger partial charge in [0.25, 0.3) is 0 Å². The zero-order chi connectivity index (χ0) is 18.1. The van der Waals surface area contributed by atoms with Crippen molar-refractivity contribution in [3.63, 3.8) is 0 Å². The van der Waals surface area contributed by atoms with Crippen molar-refractivity contribution >= 4 is 34.7 Å². The summed E-state index contributed by atoms with van der Waals surface area (Å²) in [6.45, 7) is 1.43. The van der Waals surface area contributed by atoms with Crippen LogP contribution in [0.15, 0.2) is 12.7 Å². The second-order valence-corrected chi connectivity index (χ2v) is 5.71. The molecular weight excluding hydrogens is 359 g/mol. The van der Waals surface area contributed by atoms with Crippen LogP contribution in [-0.2, 0) is 23.8 Å². The van der Waals surface area contributed by atoms with Crippen molar-refractivity contribution in [2.45, 2.75) is 38.4 Å². The van der Waals surface area contributed by atoms with Gasteiger partial charge in [-0.3, -0.25) is 14.2 Å². The summed E-state index contributed by atoms with van der Waals surface area (Å²) in [6, 6.07) is 0. The third kappa shape index (κ3) is 3.27. The summed E-state index contributed by atoms with van der Waals surface area (Å²) in [5, 5.41) is 0.129. The van der Waals surface area contributed by atoms with E-state index in [2.05, 4.69) is 15.0 Å². The molecule has 1 saturated heterocycles. The first-order valence-corrected chi connectivity index (χ1v) is 7.69. The van der Waals surface area contributed by atoms with Gasteiger partial charge in [-0.05, 0) is 0 Å². The zero-order valence-electron chi connectivity index (χ0n) is 13.3. The van der Waals surface area contributed by atoms with E-state index in [0.717, 1.165) is 0 Å². The van der Waals surface area contributed by atoms with E-state index < -0.39 is 43.2 Å². The van der Waals surface area contributed by atoms with E-state index in [0.29, 0.717) is 11.2 Å². The number of nitrogens with zero attached hydrogens (tertiary/aromatic N) is 4. The smallest absolute Gasteiger partial charge is 0.303 e. The van der Waals surface area contributed by atoms with E-state index in [9.17, 15) is 14.0 Å². The number of halogens is 2. The van der Waals surface area contributed by atoms with Crippen molar-refractivity contribution in [1.29, 1.82) is 0 Å². The van der Waals surface area contributed by atoms with Gasteiger partial charge in [-0.1, -0.05) is 11.6 Å². The predicted molar refractivity (Wildman–Crippen MR) is 81.3 cm³/mol. The van der Waals surface area contributed by atoms with Crippen molar-refractivity contribution in [2.24, 2.45) is 0 Å². The molecule has 4 unspecified atom stereocenters. The number of hydrogen-bond donors (Lipinski definition) is 0. The molecule has 3 rings (SSSR count). The molecule has 1 aliphatic rings. The highest BCUT2D eigenvalue weighted by atomic mass is 35.5. The molecule has 2 aromatic heterocycles. The van der Waals surface area contributed by atoms with Crippen molar-refractivity contribution in [3.05, 3.63) is 17.8 Å². The molecule has 134 valence electrons. The summed E-state index contributed by atoms with van der Waals surface area (Å²) in [6.07, 6.45) is -1.69. The maximum Gasteiger partial charge on any atom is 0.303 e. The highest BCUT2D eigenvalue weighted by Crippen LogP contribution is 2.36. The normalized spacial score (nSPS) is 25.9. The van der Waals surface area contributed by atoms with Gasteiger partial charge < -0.3 is 14.2 Å². The quantitative estimate of drug-likeness (QED) is 0.582. The molecule has 0 amide bonds. The second kappa shape index (κ2) is 6.89. The Hall–Kier alpha value is -2.33. The van der Waals surface area contributed by atoms with E-state index in [4.69, 9.17) is 25.8 Å². The molecule has 0 aromatic carbocycles. The molecule has 0 bridgehead atoms. The Morgan fingerprint density at radius 1 is 1.24 bits per heavy atom. The van der Waals surface area contributed by atoms with Gasteiger partial charge in [0.15, 0.2) is 29.2 Å². The standard InChI is InChI=1S/C14H14ClFN4O5/c1-6(21)23-10-8(3-16)25-14(11(10)24-7(2)22)20-5-19-9-12(15)17-4-18-13(9)20/h4-5,8,10-11,14H,3H2,1-2H3. The Labute approximate surface area is 146 Å². The Morgan fingerprint density at radius 2 is 1.92 bits per heavy atom. The largest absolute Gasteiger partial charge is 0.455 e. The number of fused-ring (bicyclic) bond motifs is 1. The molecule has 0 N–H and O–H groups in total. The van der Waals surface area contributed by atoms with Gasteiger partial charge in [-0.15, -0.1) is 0 Å². The minimum absolute atomic E-state index is 0.129. The molecule has 1 fully saturated rings. The molecule has 11 heteroatoms. The Morgan fingerprint density at radius 3 is 2.56 bits per heavy atom. The third-order valence-corrected chi connectivity index (χ3v) is 3.91. The van der Waals surface area contributed by atoms with Crippen LogP contribution >= 0.6 is 11.6 Å². The van der Waals surface area contributed by atoms with Crippen LogP contribution in [0.4, 0.5) is 4.39 Å². The summed E-state index contributed by atoms with van der Waals surface area (Å²) < 4.78 is 30.8.